The fourth-order valence-corrected chi connectivity index (χ4v) is 4.24. The minimum Gasteiger partial charge on any atom is -0.311 e. The van der Waals surface area contributed by atoms with Crippen LogP contribution in [0.2, 0.25) is 0 Å². The van der Waals surface area contributed by atoms with Gasteiger partial charge in [-0.1, -0.05) is 26.7 Å². The van der Waals surface area contributed by atoms with Crippen molar-refractivity contribution in [3.8, 4) is 0 Å². The second kappa shape index (κ2) is 7.34. The molecule has 0 aliphatic heterocycles. The number of nitrogens with one attached hydrogen (secondary N) is 1. The summed E-state index contributed by atoms with van der Waals surface area (Å²) in [6, 6.07) is 0.848. The summed E-state index contributed by atoms with van der Waals surface area (Å²) in [6.07, 6.45) is 4.32. The largest absolute Gasteiger partial charge is 0.391 e. The molecule has 0 aromatic rings. The van der Waals surface area contributed by atoms with Crippen LogP contribution in [0.5, 0.6) is 0 Å². The molecule has 2 atom stereocenters. The Labute approximate surface area is 127 Å². The Bertz CT molecular complexity index is 306. The molecule has 2 rings (SSSR count). The van der Waals surface area contributed by atoms with Gasteiger partial charge in [-0.15, -0.1) is 0 Å². The van der Waals surface area contributed by atoms with Gasteiger partial charge in [-0.2, -0.15) is 13.2 Å². The van der Waals surface area contributed by atoms with E-state index in [0.29, 0.717) is 37.8 Å². The summed E-state index contributed by atoms with van der Waals surface area (Å²) in [6.45, 7) is 4.55. The van der Waals surface area contributed by atoms with Crippen LogP contribution in [-0.4, -0.2) is 18.3 Å². The first-order valence-electron chi connectivity index (χ1n) is 8.67. The van der Waals surface area contributed by atoms with E-state index in [4.69, 9.17) is 0 Å². The molecule has 0 aromatic carbocycles. The molecule has 1 nitrogen and oxygen atoms in total. The van der Waals surface area contributed by atoms with Crippen molar-refractivity contribution >= 4 is 0 Å². The molecule has 1 N–H and O–H groups in total. The first kappa shape index (κ1) is 17.1. The van der Waals surface area contributed by atoms with Crippen molar-refractivity contribution < 1.29 is 13.2 Å². The van der Waals surface area contributed by atoms with Gasteiger partial charge in [0.25, 0.3) is 0 Å². The van der Waals surface area contributed by atoms with Crippen molar-refractivity contribution in [2.45, 2.75) is 89.9 Å². The Hall–Kier alpha value is -0.250. The minimum absolute atomic E-state index is 0.309. The van der Waals surface area contributed by atoms with Crippen LogP contribution < -0.4 is 5.32 Å². The fraction of sp³-hybridized carbons (Fsp3) is 1.00. The smallest absolute Gasteiger partial charge is 0.311 e. The lowest BCUT2D eigenvalue weighted by atomic mass is 9.80. The molecule has 0 saturated heterocycles. The first-order valence-corrected chi connectivity index (χ1v) is 8.67. The van der Waals surface area contributed by atoms with Crippen LogP contribution in [0.1, 0.15) is 71.6 Å². The Morgan fingerprint density at radius 2 is 1.62 bits per heavy atom. The predicted octanol–water partition coefficient (Wildman–Crippen LogP) is 5.30. The second-order valence-corrected chi connectivity index (χ2v) is 7.62. The van der Waals surface area contributed by atoms with E-state index in [1.807, 2.05) is 0 Å². The molecule has 2 unspecified atom stereocenters. The molecule has 4 heteroatoms. The van der Waals surface area contributed by atoms with Crippen LogP contribution in [0, 0.1) is 17.8 Å². The highest BCUT2D eigenvalue weighted by Crippen LogP contribution is 2.38. The van der Waals surface area contributed by atoms with Crippen LogP contribution in [-0.2, 0) is 0 Å². The normalized spacial score (nSPS) is 35.1. The molecule has 124 valence electrons. The van der Waals surface area contributed by atoms with Crippen LogP contribution in [0.4, 0.5) is 13.2 Å². The summed E-state index contributed by atoms with van der Waals surface area (Å²) in [5.74, 6) is 0.495. The molecule has 2 fully saturated rings. The van der Waals surface area contributed by atoms with Crippen LogP contribution in [0.15, 0.2) is 0 Å². The maximum absolute atomic E-state index is 12.7. The topological polar surface area (TPSA) is 12.0 Å². The van der Waals surface area contributed by atoms with Gasteiger partial charge in [-0.05, 0) is 56.8 Å². The molecule has 21 heavy (non-hydrogen) atoms. The third kappa shape index (κ3) is 5.46. The summed E-state index contributed by atoms with van der Waals surface area (Å²) in [4.78, 5) is 0. The summed E-state index contributed by atoms with van der Waals surface area (Å²) in [7, 11) is 0. The monoisotopic (exact) mass is 305 g/mol. The van der Waals surface area contributed by atoms with Gasteiger partial charge in [0.2, 0.25) is 0 Å². The summed E-state index contributed by atoms with van der Waals surface area (Å²) in [5.41, 5.74) is 0. The Balaban J connectivity index is 1.73. The van der Waals surface area contributed by atoms with Gasteiger partial charge in [0.05, 0.1) is 5.92 Å². The molecule has 0 radical (unpaired) electrons. The van der Waals surface area contributed by atoms with E-state index in [2.05, 4.69) is 19.2 Å². The molecular formula is C17H30F3N. The van der Waals surface area contributed by atoms with Crippen molar-refractivity contribution in [1.29, 1.82) is 0 Å². The van der Waals surface area contributed by atoms with Gasteiger partial charge in [0.15, 0.2) is 0 Å². The highest BCUT2D eigenvalue weighted by atomic mass is 19.4. The number of hydrogen-bond donors (Lipinski definition) is 1. The zero-order valence-corrected chi connectivity index (χ0v) is 13.4. The van der Waals surface area contributed by atoms with Gasteiger partial charge in [0, 0.05) is 12.1 Å². The molecule has 0 bridgehead atoms. The SMILES string of the molecule is CC(C)CC1CCCC(NC2CCC(C(F)(F)F)CC2)C1. The summed E-state index contributed by atoms with van der Waals surface area (Å²) in [5, 5.41) is 3.67. The van der Waals surface area contributed by atoms with Gasteiger partial charge in [-0.25, -0.2) is 0 Å². The number of hydrogen-bond acceptors (Lipinski definition) is 1. The van der Waals surface area contributed by atoms with Crippen molar-refractivity contribution in [1.82, 2.24) is 5.32 Å². The number of rotatable bonds is 4. The third-order valence-corrected chi connectivity index (χ3v) is 5.25. The maximum atomic E-state index is 12.7. The first-order chi connectivity index (χ1) is 9.84. The van der Waals surface area contributed by atoms with Crippen LogP contribution in [0.3, 0.4) is 0 Å². The van der Waals surface area contributed by atoms with E-state index in [1.54, 1.807) is 0 Å². The van der Waals surface area contributed by atoms with Crippen molar-refractivity contribution in [2.75, 3.05) is 0 Å². The second-order valence-electron chi connectivity index (χ2n) is 7.62. The van der Waals surface area contributed by atoms with Gasteiger partial charge in [-0.3, -0.25) is 0 Å². The Kier molecular flexibility index (Phi) is 5.98. The number of halogens is 3. The van der Waals surface area contributed by atoms with Crippen LogP contribution >= 0.6 is 0 Å². The average molecular weight is 305 g/mol. The molecule has 0 heterocycles. The summed E-state index contributed by atoms with van der Waals surface area (Å²) >= 11 is 0. The molecule has 0 amide bonds. The zero-order chi connectivity index (χ0) is 15.5. The highest BCUT2D eigenvalue weighted by Gasteiger charge is 2.41. The molecule has 2 aliphatic carbocycles. The predicted molar refractivity (Wildman–Crippen MR) is 80.1 cm³/mol. The number of alkyl halides is 3. The van der Waals surface area contributed by atoms with Gasteiger partial charge >= 0.3 is 6.18 Å². The van der Waals surface area contributed by atoms with Gasteiger partial charge < -0.3 is 5.32 Å². The van der Waals surface area contributed by atoms with Crippen molar-refractivity contribution in [2.24, 2.45) is 17.8 Å². The Morgan fingerprint density at radius 1 is 0.952 bits per heavy atom. The van der Waals surface area contributed by atoms with E-state index >= 15 is 0 Å². The fourth-order valence-electron chi connectivity index (χ4n) is 4.24. The van der Waals surface area contributed by atoms with E-state index in [-0.39, 0.29) is 0 Å². The quantitative estimate of drug-likeness (QED) is 0.743. The molecule has 2 saturated carbocycles. The maximum Gasteiger partial charge on any atom is 0.391 e. The van der Waals surface area contributed by atoms with Gasteiger partial charge in [0.1, 0.15) is 0 Å². The molecule has 0 aromatic heterocycles. The zero-order valence-electron chi connectivity index (χ0n) is 13.4. The van der Waals surface area contributed by atoms with E-state index in [1.165, 1.54) is 32.1 Å². The lowest BCUT2D eigenvalue weighted by Crippen LogP contribution is -2.44. The Morgan fingerprint density at radius 3 is 2.19 bits per heavy atom. The van der Waals surface area contributed by atoms with E-state index < -0.39 is 12.1 Å². The van der Waals surface area contributed by atoms with E-state index in [0.717, 1.165) is 11.8 Å². The summed E-state index contributed by atoms with van der Waals surface area (Å²) < 4.78 is 38.0. The highest BCUT2D eigenvalue weighted by molar-refractivity contribution is 4.85. The van der Waals surface area contributed by atoms with Crippen molar-refractivity contribution in [3.05, 3.63) is 0 Å². The van der Waals surface area contributed by atoms with Crippen LogP contribution in [0.25, 0.3) is 0 Å². The van der Waals surface area contributed by atoms with Crippen molar-refractivity contribution in [3.63, 3.8) is 0 Å². The molecular weight excluding hydrogens is 275 g/mol. The molecule has 2 aliphatic rings. The molecule has 0 spiro atoms. The minimum atomic E-state index is -3.99. The van der Waals surface area contributed by atoms with E-state index in [9.17, 15) is 13.2 Å². The lowest BCUT2D eigenvalue weighted by Gasteiger charge is -2.36. The standard InChI is InChI=1S/C17H30F3N/c1-12(2)10-13-4-3-5-16(11-13)21-15-8-6-14(7-9-15)17(18,19)20/h12-16,21H,3-11H2,1-2H3. The third-order valence-electron chi connectivity index (χ3n) is 5.25. The average Bonchev–Trinajstić information content (AvgIpc) is 2.38. The lowest BCUT2D eigenvalue weighted by molar-refractivity contribution is -0.182.